The van der Waals surface area contributed by atoms with E-state index in [2.05, 4.69) is 4.74 Å². The molecular formula is C15H13F2NO2S. The number of ether oxygens (including phenoxy) is 1. The topological polar surface area (TPSA) is 52.3 Å². The number of halogens is 2. The third-order valence-electron chi connectivity index (χ3n) is 2.79. The molecule has 6 heteroatoms. The summed E-state index contributed by atoms with van der Waals surface area (Å²) >= 11 is 1.22. The standard InChI is InChI=1S/C15H13F2NO2S/c1-20-15(19)11-4-2-9(6-12(11)16)8-21-14-5-3-10(18)7-13(14)17/h2-7H,8,18H2,1H3. The van der Waals surface area contributed by atoms with Gasteiger partial charge in [0.15, 0.2) is 0 Å². The fraction of sp³-hybridized carbons (Fsp3) is 0.133. The van der Waals surface area contributed by atoms with Crippen LogP contribution in [0.1, 0.15) is 15.9 Å². The Balaban J connectivity index is 2.10. The van der Waals surface area contributed by atoms with E-state index in [9.17, 15) is 13.6 Å². The first kappa shape index (κ1) is 15.3. The van der Waals surface area contributed by atoms with Gasteiger partial charge in [0.1, 0.15) is 11.6 Å². The van der Waals surface area contributed by atoms with Gasteiger partial charge in [0.2, 0.25) is 0 Å². The summed E-state index contributed by atoms with van der Waals surface area (Å²) in [5.74, 6) is -1.42. The predicted octanol–water partition coefficient (Wildman–Crippen LogP) is 3.63. The Morgan fingerprint density at radius 1 is 1.19 bits per heavy atom. The molecule has 2 aromatic rings. The normalized spacial score (nSPS) is 10.4. The molecule has 0 heterocycles. The number of methoxy groups -OCH3 is 1. The Kier molecular flexibility index (Phi) is 4.80. The number of hydrogen-bond acceptors (Lipinski definition) is 4. The van der Waals surface area contributed by atoms with Crippen LogP contribution in [0.2, 0.25) is 0 Å². The Bertz CT molecular complexity index is 677. The van der Waals surface area contributed by atoms with Gasteiger partial charge in [0.05, 0.1) is 12.7 Å². The minimum absolute atomic E-state index is 0.120. The van der Waals surface area contributed by atoms with Crippen LogP contribution in [-0.4, -0.2) is 13.1 Å². The maximum absolute atomic E-state index is 13.7. The monoisotopic (exact) mass is 309 g/mol. The Labute approximate surface area is 125 Å². The van der Waals surface area contributed by atoms with E-state index in [0.29, 0.717) is 21.9 Å². The molecular weight excluding hydrogens is 296 g/mol. The average molecular weight is 309 g/mol. The van der Waals surface area contributed by atoms with Crippen LogP contribution in [-0.2, 0) is 10.5 Å². The van der Waals surface area contributed by atoms with E-state index in [1.165, 1.54) is 37.1 Å². The molecule has 0 aliphatic rings. The summed E-state index contributed by atoms with van der Waals surface area (Å²) in [5, 5.41) is 0. The number of carbonyl (C=O) groups excluding carboxylic acids is 1. The molecule has 0 bridgehead atoms. The van der Waals surface area contributed by atoms with Crippen molar-refractivity contribution in [3.63, 3.8) is 0 Å². The van der Waals surface area contributed by atoms with Gasteiger partial charge in [-0.2, -0.15) is 0 Å². The lowest BCUT2D eigenvalue weighted by Gasteiger charge is -2.06. The predicted molar refractivity (Wildman–Crippen MR) is 78.1 cm³/mol. The van der Waals surface area contributed by atoms with Gasteiger partial charge in [-0.05, 0) is 35.9 Å². The molecule has 0 spiro atoms. The van der Waals surface area contributed by atoms with Crippen molar-refractivity contribution < 1.29 is 18.3 Å². The summed E-state index contributed by atoms with van der Waals surface area (Å²) in [5.41, 5.74) is 6.34. The zero-order valence-corrected chi connectivity index (χ0v) is 12.0. The Morgan fingerprint density at radius 3 is 2.57 bits per heavy atom. The van der Waals surface area contributed by atoms with Crippen LogP contribution >= 0.6 is 11.8 Å². The van der Waals surface area contributed by atoms with Crippen molar-refractivity contribution in [3.8, 4) is 0 Å². The second-order valence-corrected chi connectivity index (χ2v) is 5.30. The molecule has 0 fully saturated rings. The molecule has 3 nitrogen and oxygen atoms in total. The molecule has 0 unspecified atom stereocenters. The Hall–Kier alpha value is -2.08. The van der Waals surface area contributed by atoms with Gasteiger partial charge >= 0.3 is 5.97 Å². The zero-order valence-electron chi connectivity index (χ0n) is 11.2. The minimum atomic E-state index is -0.726. The number of benzene rings is 2. The lowest BCUT2D eigenvalue weighted by molar-refractivity contribution is 0.0595. The average Bonchev–Trinajstić information content (AvgIpc) is 2.45. The van der Waals surface area contributed by atoms with Gasteiger partial charge in [-0.1, -0.05) is 6.07 Å². The highest BCUT2D eigenvalue weighted by molar-refractivity contribution is 7.98. The summed E-state index contributed by atoms with van der Waals surface area (Å²) in [4.78, 5) is 11.7. The highest BCUT2D eigenvalue weighted by atomic mass is 32.2. The van der Waals surface area contributed by atoms with Crippen LogP contribution in [0.15, 0.2) is 41.3 Å². The largest absolute Gasteiger partial charge is 0.465 e. The molecule has 110 valence electrons. The van der Waals surface area contributed by atoms with Crippen molar-refractivity contribution in [2.45, 2.75) is 10.6 Å². The third kappa shape index (κ3) is 3.72. The molecule has 0 atom stereocenters. The summed E-state index contributed by atoms with van der Waals surface area (Å²) in [6.45, 7) is 0. The number of nitrogens with two attached hydrogens (primary N) is 1. The fourth-order valence-corrected chi connectivity index (χ4v) is 2.58. The quantitative estimate of drug-likeness (QED) is 0.532. The molecule has 0 aromatic heterocycles. The lowest BCUT2D eigenvalue weighted by Crippen LogP contribution is -2.04. The molecule has 0 radical (unpaired) electrons. The molecule has 21 heavy (non-hydrogen) atoms. The van der Waals surface area contributed by atoms with E-state index in [-0.39, 0.29) is 5.56 Å². The van der Waals surface area contributed by atoms with Gasteiger partial charge in [-0.3, -0.25) is 0 Å². The maximum Gasteiger partial charge on any atom is 0.340 e. The summed E-state index contributed by atoms with van der Waals surface area (Å²) in [7, 11) is 1.19. The fourth-order valence-electron chi connectivity index (χ4n) is 1.72. The maximum atomic E-state index is 13.7. The molecule has 0 saturated carbocycles. The van der Waals surface area contributed by atoms with E-state index < -0.39 is 17.6 Å². The molecule has 2 N–H and O–H groups in total. The van der Waals surface area contributed by atoms with Crippen molar-refractivity contribution >= 4 is 23.4 Å². The van der Waals surface area contributed by atoms with E-state index in [1.54, 1.807) is 18.2 Å². The zero-order chi connectivity index (χ0) is 15.4. The van der Waals surface area contributed by atoms with Crippen LogP contribution in [0.3, 0.4) is 0 Å². The number of anilines is 1. The van der Waals surface area contributed by atoms with Crippen LogP contribution in [0.4, 0.5) is 14.5 Å². The van der Waals surface area contributed by atoms with Crippen molar-refractivity contribution in [1.82, 2.24) is 0 Å². The van der Waals surface area contributed by atoms with Crippen molar-refractivity contribution in [3.05, 3.63) is 59.2 Å². The highest BCUT2D eigenvalue weighted by Crippen LogP contribution is 2.27. The minimum Gasteiger partial charge on any atom is -0.465 e. The van der Waals surface area contributed by atoms with Crippen molar-refractivity contribution in [1.29, 1.82) is 0 Å². The van der Waals surface area contributed by atoms with Gasteiger partial charge < -0.3 is 10.5 Å². The van der Waals surface area contributed by atoms with Crippen molar-refractivity contribution in [2.24, 2.45) is 0 Å². The van der Waals surface area contributed by atoms with Crippen LogP contribution in [0.5, 0.6) is 0 Å². The van der Waals surface area contributed by atoms with E-state index in [4.69, 9.17) is 5.73 Å². The van der Waals surface area contributed by atoms with Gasteiger partial charge in [0, 0.05) is 16.3 Å². The summed E-state index contributed by atoms with van der Waals surface area (Å²) in [6.07, 6.45) is 0. The van der Waals surface area contributed by atoms with Gasteiger partial charge in [-0.15, -0.1) is 11.8 Å². The number of thioether (sulfide) groups is 1. The number of rotatable bonds is 4. The van der Waals surface area contributed by atoms with E-state index in [1.807, 2.05) is 0 Å². The van der Waals surface area contributed by atoms with Crippen LogP contribution in [0, 0.1) is 11.6 Å². The third-order valence-corrected chi connectivity index (χ3v) is 3.91. The molecule has 0 aliphatic carbocycles. The smallest absolute Gasteiger partial charge is 0.340 e. The molecule has 2 rings (SSSR count). The second kappa shape index (κ2) is 6.58. The van der Waals surface area contributed by atoms with Gasteiger partial charge in [0.25, 0.3) is 0 Å². The first-order valence-corrected chi connectivity index (χ1v) is 7.04. The lowest BCUT2D eigenvalue weighted by atomic mass is 10.1. The van der Waals surface area contributed by atoms with Crippen LogP contribution < -0.4 is 5.73 Å². The number of esters is 1. The number of carbonyl (C=O) groups is 1. The second-order valence-electron chi connectivity index (χ2n) is 4.28. The SMILES string of the molecule is COC(=O)c1ccc(CSc2ccc(N)cc2F)cc1F. The molecule has 0 saturated heterocycles. The van der Waals surface area contributed by atoms with Gasteiger partial charge in [-0.25, -0.2) is 13.6 Å². The van der Waals surface area contributed by atoms with E-state index in [0.717, 1.165) is 0 Å². The summed E-state index contributed by atoms with van der Waals surface area (Å²) in [6, 6.07) is 8.63. The molecule has 2 aromatic carbocycles. The Morgan fingerprint density at radius 2 is 1.95 bits per heavy atom. The van der Waals surface area contributed by atoms with Crippen LogP contribution in [0.25, 0.3) is 0 Å². The number of hydrogen-bond donors (Lipinski definition) is 1. The molecule has 0 aliphatic heterocycles. The first-order chi connectivity index (χ1) is 10.0. The highest BCUT2D eigenvalue weighted by Gasteiger charge is 2.12. The van der Waals surface area contributed by atoms with Crippen molar-refractivity contribution in [2.75, 3.05) is 12.8 Å². The summed E-state index contributed by atoms with van der Waals surface area (Å²) < 4.78 is 31.8. The van der Waals surface area contributed by atoms with E-state index >= 15 is 0 Å². The number of nitrogen functional groups attached to an aromatic ring is 1. The molecule has 0 amide bonds. The first-order valence-electron chi connectivity index (χ1n) is 6.06.